The van der Waals surface area contributed by atoms with E-state index in [1.54, 1.807) is 5.38 Å². The summed E-state index contributed by atoms with van der Waals surface area (Å²) in [5.41, 5.74) is 0.574. The van der Waals surface area contributed by atoms with E-state index in [4.69, 9.17) is 4.52 Å². The molecule has 2 heterocycles. The number of carbonyl (C=O) groups is 1. The van der Waals surface area contributed by atoms with Gasteiger partial charge in [0.15, 0.2) is 11.0 Å². The van der Waals surface area contributed by atoms with Crippen molar-refractivity contribution in [1.29, 1.82) is 0 Å². The Balaban J connectivity index is 2.09. The highest BCUT2D eigenvalue weighted by Crippen LogP contribution is 2.23. The van der Waals surface area contributed by atoms with Crippen LogP contribution in [-0.4, -0.2) is 34.1 Å². The maximum Gasteiger partial charge on any atom is 0.277 e. The highest BCUT2D eigenvalue weighted by Gasteiger charge is 2.14. The zero-order valence-electron chi connectivity index (χ0n) is 10.9. The van der Waals surface area contributed by atoms with E-state index < -0.39 is 0 Å². The minimum atomic E-state index is -0.157. The first kappa shape index (κ1) is 13.6. The summed E-state index contributed by atoms with van der Waals surface area (Å²) < 4.78 is 5.16. The van der Waals surface area contributed by atoms with Gasteiger partial charge in [-0.2, -0.15) is 4.98 Å². The molecule has 1 atom stereocenters. The molecule has 0 spiro atoms. The van der Waals surface area contributed by atoms with Crippen molar-refractivity contribution in [3.63, 3.8) is 0 Å². The standard InChI is InChI=1S/C11H15N5O2S/c1-6(12-3)4-9-15-10(18-16-9)8-5-19-11(14-8)13-7(2)17/h5-6,12H,4H2,1-3H3,(H,13,14,17). The van der Waals surface area contributed by atoms with Gasteiger partial charge in [0.1, 0.15) is 5.69 Å². The Hall–Kier alpha value is -1.80. The number of nitrogens with one attached hydrogen (secondary N) is 2. The number of amides is 1. The maximum absolute atomic E-state index is 10.9. The molecule has 102 valence electrons. The Labute approximate surface area is 114 Å². The first-order valence-electron chi connectivity index (χ1n) is 5.82. The summed E-state index contributed by atoms with van der Waals surface area (Å²) in [6.45, 7) is 3.47. The van der Waals surface area contributed by atoms with Crippen molar-refractivity contribution in [2.24, 2.45) is 0 Å². The number of likely N-dealkylation sites (N-methyl/N-ethyl adjacent to an activating group) is 1. The second kappa shape index (κ2) is 5.89. The van der Waals surface area contributed by atoms with Gasteiger partial charge in [-0.25, -0.2) is 4.98 Å². The molecule has 0 radical (unpaired) electrons. The van der Waals surface area contributed by atoms with Crippen LogP contribution in [0.5, 0.6) is 0 Å². The topological polar surface area (TPSA) is 92.9 Å². The fourth-order valence-corrected chi connectivity index (χ4v) is 2.13. The van der Waals surface area contributed by atoms with E-state index in [1.165, 1.54) is 18.3 Å². The van der Waals surface area contributed by atoms with E-state index in [0.717, 1.165) is 0 Å². The van der Waals surface area contributed by atoms with Crippen molar-refractivity contribution in [3.8, 4) is 11.6 Å². The van der Waals surface area contributed by atoms with E-state index in [0.29, 0.717) is 29.0 Å². The number of nitrogens with zero attached hydrogens (tertiary/aromatic N) is 3. The van der Waals surface area contributed by atoms with Gasteiger partial charge in [0.2, 0.25) is 5.91 Å². The van der Waals surface area contributed by atoms with Crippen LogP contribution in [0.2, 0.25) is 0 Å². The van der Waals surface area contributed by atoms with Gasteiger partial charge in [0, 0.05) is 24.8 Å². The lowest BCUT2D eigenvalue weighted by atomic mass is 10.2. The molecule has 0 aliphatic rings. The summed E-state index contributed by atoms with van der Waals surface area (Å²) in [7, 11) is 1.88. The monoisotopic (exact) mass is 281 g/mol. The average Bonchev–Trinajstić information content (AvgIpc) is 2.97. The van der Waals surface area contributed by atoms with E-state index in [9.17, 15) is 4.79 Å². The van der Waals surface area contributed by atoms with Gasteiger partial charge in [-0.15, -0.1) is 11.3 Å². The molecule has 1 amide bonds. The lowest BCUT2D eigenvalue weighted by Gasteiger charge is -2.04. The molecule has 2 rings (SSSR count). The SMILES string of the molecule is CNC(C)Cc1noc(-c2csc(NC(C)=O)n2)n1. The normalized spacial score (nSPS) is 12.4. The highest BCUT2D eigenvalue weighted by molar-refractivity contribution is 7.14. The number of hydrogen-bond donors (Lipinski definition) is 2. The largest absolute Gasteiger partial charge is 0.332 e. The van der Waals surface area contributed by atoms with Gasteiger partial charge in [-0.1, -0.05) is 5.16 Å². The zero-order chi connectivity index (χ0) is 13.8. The summed E-state index contributed by atoms with van der Waals surface area (Å²) >= 11 is 1.32. The molecule has 0 aliphatic heterocycles. The molecule has 0 bridgehead atoms. The van der Waals surface area contributed by atoms with E-state index in [-0.39, 0.29) is 11.9 Å². The van der Waals surface area contributed by atoms with Crippen molar-refractivity contribution < 1.29 is 9.32 Å². The summed E-state index contributed by atoms with van der Waals surface area (Å²) in [5, 5.41) is 11.9. The van der Waals surface area contributed by atoms with Gasteiger partial charge in [-0.05, 0) is 14.0 Å². The molecular weight excluding hydrogens is 266 g/mol. The molecule has 2 aromatic heterocycles. The number of hydrogen-bond acceptors (Lipinski definition) is 7. The quantitative estimate of drug-likeness (QED) is 0.858. The van der Waals surface area contributed by atoms with Crippen molar-refractivity contribution in [3.05, 3.63) is 11.2 Å². The molecular formula is C11H15N5O2S. The van der Waals surface area contributed by atoms with Gasteiger partial charge >= 0.3 is 0 Å². The second-order valence-electron chi connectivity index (χ2n) is 4.13. The molecule has 8 heteroatoms. The summed E-state index contributed by atoms with van der Waals surface area (Å²) in [4.78, 5) is 19.4. The molecule has 0 aliphatic carbocycles. The Kier molecular flexibility index (Phi) is 4.23. The zero-order valence-corrected chi connectivity index (χ0v) is 11.7. The van der Waals surface area contributed by atoms with Crippen LogP contribution in [0.3, 0.4) is 0 Å². The van der Waals surface area contributed by atoms with Crippen molar-refractivity contribution in [2.75, 3.05) is 12.4 Å². The fraction of sp³-hybridized carbons (Fsp3) is 0.455. The predicted octanol–water partition coefficient (Wildman–Crippen LogP) is 1.30. The van der Waals surface area contributed by atoms with Crippen LogP contribution in [0.15, 0.2) is 9.90 Å². The first-order chi connectivity index (χ1) is 9.08. The molecule has 7 nitrogen and oxygen atoms in total. The van der Waals surface area contributed by atoms with E-state index >= 15 is 0 Å². The van der Waals surface area contributed by atoms with E-state index in [1.807, 2.05) is 14.0 Å². The molecule has 19 heavy (non-hydrogen) atoms. The van der Waals surface area contributed by atoms with Gasteiger partial charge in [-0.3, -0.25) is 4.79 Å². The van der Waals surface area contributed by atoms with Gasteiger partial charge in [0.05, 0.1) is 0 Å². The average molecular weight is 281 g/mol. The van der Waals surface area contributed by atoms with Crippen LogP contribution in [0.1, 0.15) is 19.7 Å². The Morgan fingerprint density at radius 3 is 3.00 bits per heavy atom. The van der Waals surface area contributed by atoms with Crippen LogP contribution >= 0.6 is 11.3 Å². The third-order valence-corrected chi connectivity index (χ3v) is 3.21. The van der Waals surface area contributed by atoms with Gasteiger partial charge < -0.3 is 15.2 Å². The van der Waals surface area contributed by atoms with Crippen LogP contribution in [-0.2, 0) is 11.2 Å². The fourth-order valence-electron chi connectivity index (χ4n) is 1.40. The number of rotatable bonds is 5. The highest BCUT2D eigenvalue weighted by atomic mass is 32.1. The Morgan fingerprint density at radius 2 is 2.32 bits per heavy atom. The molecule has 1 unspecified atom stereocenters. The number of anilines is 1. The van der Waals surface area contributed by atoms with Crippen molar-refractivity contribution >= 4 is 22.4 Å². The van der Waals surface area contributed by atoms with Crippen molar-refractivity contribution in [1.82, 2.24) is 20.4 Å². The Morgan fingerprint density at radius 1 is 1.53 bits per heavy atom. The third kappa shape index (κ3) is 3.58. The number of thiazole rings is 1. The molecule has 2 N–H and O–H groups in total. The van der Waals surface area contributed by atoms with Crippen LogP contribution in [0.25, 0.3) is 11.6 Å². The maximum atomic E-state index is 10.9. The van der Waals surface area contributed by atoms with Gasteiger partial charge in [0.25, 0.3) is 5.89 Å². The molecule has 0 saturated carbocycles. The Bertz CT molecular complexity index is 565. The number of carbonyl (C=O) groups excluding carboxylic acids is 1. The lowest BCUT2D eigenvalue weighted by molar-refractivity contribution is -0.114. The number of aromatic nitrogens is 3. The predicted molar refractivity (Wildman–Crippen MR) is 71.9 cm³/mol. The summed E-state index contributed by atoms with van der Waals surface area (Å²) in [6.07, 6.45) is 0.683. The lowest BCUT2D eigenvalue weighted by Crippen LogP contribution is -2.24. The second-order valence-corrected chi connectivity index (χ2v) is 4.99. The smallest absolute Gasteiger partial charge is 0.277 e. The van der Waals surface area contributed by atoms with Crippen molar-refractivity contribution in [2.45, 2.75) is 26.3 Å². The molecule has 0 saturated heterocycles. The minimum absolute atomic E-state index is 0.157. The van der Waals surface area contributed by atoms with E-state index in [2.05, 4.69) is 25.8 Å². The molecule has 2 aromatic rings. The first-order valence-corrected chi connectivity index (χ1v) is 6.69. The van der Waals surface area contributed by atoms with Crippen LogP contribution in [0.4, 0.5) is 5.13 Å². The molecule has 0 aromatic carbocycles. The van der Waals surface area contributed by atoms with Crippen LogP contribution < -0.4 is 10.6 Å². The summed E-state index contributed by atoms with van der Waals surface area (Å²) in [5.74, 6) is 0.840. The minimum Gasteiger partial charge on any atom is -0.332 e. The van der Waals surface area contributed by atoms with Crippen LogP contribution in [0, 0.1) is 0 Å². The summed E-state index contributed by atoms with van der Waals surface area (Å²) in [6, 6.07) is 0.274. The molecule has 0 fully saturated rings. The third-order valence-electron chi connectivity index (χ3n) is 2.46.